The van der Waals surface area contributed by atoms with E-state index in [0.717, 1.165) is 0 Å². The molecule has 0 aliphatic rings. The van der Waals surface area contributed by atoms with Crippen molar-refractivity contribution in [2.45, 2.75) is 53.0 Å². The number of rotatable bonds is 9. The molecule has 0 N–H and O–H groups in total. The van der Waals surface area contributed by atoms with Gasteiger partial charge < -0.3 is 9.05 Å². The van der Waals surface area contributed by atoms with E-state index in [1.54, 1.807) is 0 Å². The fraction of sp³-hybridized carbons (Fsp3) is 0.400. The first kappa shape index (κ1) is 19.1. The molecule has 2 rings (SSSR count). The minimum absolute atomic E-state index is 0.364. The average Bonchev–Trinajstić information content (AvgIpc) is 2.58. The van der Waals surface area contributed by atoms with Gasteiger partial charge in [-0.3, -0.25) is 0 Å². The summed E-state index contributed by atoms with van der Waals surface area (Å²) in [6.45, 7) is 9.88. The van der Waals surface area contributed by atoms with E-state index in [-0.39, 0.29) is 0 Å². The van der Waals surface area contributed by atoms with Gasteiger partial charge in [-0.05, 0) is 38.8 Å². The Morgan fingerprint density at radius 1 is 0.708 bits per heavy atom. The number of benzene rings is 2. The van der Waals surface area contributed by atoms with Crippen LogP contribution in [0.5, 0.6) is 0 Å². The first-order valence-corrected chi connectivity index (χ1v) is 9.63. The fourth-order valence-electron chi connectivity index (χ4n) is 2.55. The maximum absolute atomic E-state index is 6.20. The molecule has 0 aliphatic heterocycles. The standard InChI is InChI=1S/C20H28NO2P/c1-17(2)21(18(3)4)24(22-15-19-11-7-5-8-12-19)23-16-20-13-9-6-10-14-20/h5-14,17-18H,15-16H2,1-4H3/i22+2,23+2. The monoisotopic (exact) mass is 349 g/mol. The average molecular weight is 349 g/mol. The molecule has 130 valence electrons. The van der Waals surface area contributed by atoms with Crippen LogP contribution in [0.25, 0.3) is 0 Å². The van der Waals surface area contributed by atoms with E-state index in [4.69, 9.17) is 9.05 Å². The Labute approximate surface area is 147 Å². The molecule has 2 aromatic carbocycles. The molecule has 24 heavy (non-hydrogen) atoms. The first-order valence-electron chi connectivity index (χ1n) is 8.50. The van der Waals surface area contributed by atoms with Crippen molar-refractivity contribution in [1.29, 1.82) is 0 Å². The van der Waals surface area contributed by atoms with E-state index in [2.05, 4.69) is 56.6 Å². The Hall–Kier alpha value is -1.25. The molecule has 4 heteroatoms. The molecule has 2 aromatic rings. The lowest BCUT2D eigenvalue weighted by Crippen LogP contribution is -2.33. The number of nitrogens with zero attached hydrogens (tertiary/aromatic N) is 1. The maximum Gasteiger partial charge on any atom is 0.259 e. The van der Waals surface area contributed by atoms with E-state index in [0.29, 0.717) is 25.3 Å². The van der Waals surface area contributed by atoms with Crippen LogP contribution >= 0.6 is 8.53 Å². The van der Waals surface area contributed by atoms with Crippen molar-refractivity contribution >= 4 is 8.53 Å². The van der Waals surface area contributed by atoms with Crippen LogP contribution in [0.2, 0.25) is 0 Å². The van der Waals surface area contributed by atoms with Crippen LogP contribution < -0.4 is 0 Å². The third-order valence-electron chi connectivity index (χ3n) is 3.62. The molecule has 0 radical (unpaired) electrons. The van der Waals surface area contributed by atoms with Gasteiger partial charge >= 0.3 is 0 Å². The largest absolute Gasteiger partial charge is 0.317 e. The van der Waals surface area contributed by atoms with Crippen LogP contribution in [-0.2, 0) is 22.3 Å². The second-order valence-corrected chi connectivity index (χ2v) is 7.78. The molecule has 0 aliphatic carbocycles. The van der Waals surface area contributed by atoms with E-state index < -0.39 is 8.53 Å². The maximum atomic E-state index is 6.20. The van der Waals surface area contributed by atoms with Gasteiger partial charge in [0.05, 0.1) is 13.2 Å². The summed E-state index contributed by atoms with van der Waals surface area (Å²) < 4.78 is 14.7. The molecule has 0 saturated heterocycles. The third kappa shape index (κ3) is 5.99. The van der Waals surface area contributed by atoms with Crippen LogP contribution in [0.4, 0.5) is 0 Å². The van der Waals surface area contributed by atoms with Crippen molar-refractivity contribution < 1.29 is 9.05 Å². The summed E-state index contributed by atoms with van der Waals surface area (Å²) in [5.74, 6) is 0. The molecule has 0 unspecified atom stereocenters. The van der Waals surface area contributed by atoms with Gasteiger partial charge in [0.1, 0.15) is 0 Å². The van der Waals surface area contributed by atoms with Crippen molar-refractivity contribution in [1.82, 2.24) is 4.67 Å². The molecule has 0 saturated carbocycles. The highest BCUT2D eigenvalue weighted by Crippen LogP contribution is 2.47. The first-order chi connectivity index (χ1) is 11.6. The molecule has 0 spiro atoms. The van der Waals surface area contributed by atoms with Crippen molar-refractivity contribution in [3.05, 3.63) is 71.8 Å². The van der Waals surface area contributed by atoms with Crippen LogP contribution in [0.3, 0.4) is 0 Å². The van der Waals surface area contributed by atoms with Crippen molar-refractivity contribution in [3.63, 3.8) is 0 Å². The second kappa shape index (κ2) is 9.90. The van der Waals surface area contributed by atoms with Crippen LogP contribution in [0.15, 0.2) is 60.7 Å². The normalized spacial score (nSPS) is 11.8. The molecule has 0 amide bonds. The van der Waals surface area contributed by atoms with Crippen molar-refractivity contribution in [3.8, 4) is 0 Å². The summed E-state index contributed by atoms with van der Waals surface area (Å²) in [4.78, 5) is 0. The molecular weight excluding hydrogens is 321 g/mol. The Morgan fingerprint density at radius 2 is 1.08 bits per heavy atom. The molecule has 0 heterocycles. The SMILES string of the molecule is CC(C)N(C(C)C)P([18O]Cc1ccccc1)[18O]Cc1ccccc1. The van der Waals surface area contributed by atoms with Crippen molar-refractivity contribution in [2.24, 2.45) is 0 Å². The van der Waals surface area contributed by atoms with Gasteiger partial charge in [-0.2, -0.15) is 0 Å². The predicted octanol–water partition coefficient (Wildman–Crippen LogP) is 5.77. The minimum atomic E-state index is -1.12. The number of hydrogen-bond acceptors (Lipinski definition) is 3. The number of hydrogen-bond donors (Lipinski definition) is 0. The fourth-order valence-corrected chi connectivity index (χ4v) is 4.17. The molecule has 0 aromatic heterocycles. The zero-order chi connectivity index (χ0) is 17.4. The minimum Gasteiger partial charge on any atom is -0.317 e. The zero-order valence-electron chi connectivity index (χ0n) is 15.1. The summed E-state index contributed by atoms with van der Waals surface area (Å²) in [7, 11) is -1.12. The topological polar surface area (TPSA) is 21.7 Å². The molecule has 3 nitrogen and oxygen atoms in total. The second-order valence-electron chi connectivity index (χ2n) is 6.32. The highest BCUT2D eigenvalue weighted by Gasteiger charge is 2.27. The summed E-state index contributed by atoms with van der Waals surface area (Å²) in [6.07, 6.45) is 0. The van der Waals surface area contributed by atoms with Crippen LogP contribution in [0, 0.1) is 0 Å². The van der Waals surface area contributed by atoms with Gasteiger partial charge in [0, 0.05) is 12.1 Å². The van der Waals surface area contributed by atoms with E-state index in [1.807, 2.05) is 36.4 Å². The van der Waals surface area contributed by atoms with Gasteiger partial charge in [-0.25, -0.2) is 4.67 Å². The van der Waals surface area contributed by atoms with E-state index in [1.165, 1.54) is 11.1 Å². The van der Waals surface area contributed by atoms with Gasteiger partial charge in [0.15, 0.2) is 0 Å². The Balaban J connectivity index is 2.04. The van der Waals surface area contributed by atoms with Crippen LogP contribution in [-0.4, -0.2) is 16.8 Å². The van der Waals surface area contributed by atoms with Crippen LogP contribution in [0.1, 0.15) is 38.8 Å². The molecule has 0 atom stereocenters. The van der Waals surface area contributed by atoms with E-state index in [9.17, 15) is 0 Å². The summed E-state index contributed by atoms with van der Waals surface area (Å²) in [6, 6.07) is 21.2. The lowest BCUT2D eigenvalue weighted by Gasteiger charge is -2.35. The third-order valence-corrected chi connectivity index (χ3v) is 5.62. The lowest BCUT2D eigenvalue weighted by atomic mass is 10.2. The van der Waals surface area contributed by atoms with Gasteiger partial charge in [-0.15, -0.1) is 0 Å². The highest BCUT2D eigenvalue weighted by atomic mass is 31.2. The van der Waals surface area contributed by atoms with Gasteiger partial charge in [-0.1, -0.05) is 60.7 Å². The lowest BCUT2D eigenvalue weighted by molar-refractivity contribution is 0.164. The van der Waals surface area contributed by atoms with Gasteiger partial charge in [0.25, 0.3) is 8.53 Å². The van der Waals surface area contributed by atoms with Gasteiger partial charge in [0.2, 0.25) is 0 Å². The smallest absolute Gasteiger partial charge is 0.259 e. The van der Waals surface area contributed by atoms with Crippen molar-refractivity contribution in [2.75, 3.05) is 0 Å². The highest BCUT2D eigenvalue weighted by molar-refractivity contribution is 7.44. The molecule has 0 bridgehead atoms. The summed E-state index contributed by atoms with van der Waals surface area (Å²) >= 11 is 0. The molecule has 0 fully saturated rings. The van der Waals surface area contributed by atoms with E-state index >= 15 is 0 Å². The molecular formula is C20H28NO2P. The zero-order valence-corrected chi connectivity index (χ0v) is 15.9. The summed E-state index contributed by atoms with van der Waals surface area (Å²) in [5.41, 5.74) is 2.33. The Bertz CT molecular complexity index is 523. The quantitative estimate of drug-likeness (QED) is 0.424. The predicted molar refractivity (Wildman–Crippen MR) is 101 cm³/mol. The Morgan fingerprint density at radius 3 is 1.42 bits per heavy atom. The Kier molecular flexibility index (Phi) is 7.87. The summed E-state index contributed by atoms with van der Waals surface area (Å²) in [5, 5.41) is 0.